The highest BCUT2D eigenvalue weighted by Crippen LogP contribution is 2.30. The molecule has 0 aromatic heterocycles. The first kappa shape index (κ1) is 18.4. The molecule has 1 heterocycles. The number of piperazine rings is 1. The van der Waals surface area contributed by atoms with Crippen molar-refractivity contribution in [3.05, 3.63) is 71.0 Å². The van der Waals surface area contributed by atoms with Gasteiger partial charge in [0.1, 0.15) is 5.82 Å². The number of hydrogen-bond donors (Lipinski definition) is 1. The molecule has 0 radical (unpaired) electrons. The van der Waals surface area contributed by atoms with Gasteiger partial charge in [0, 0.05) is 19.1 Å². The summed E-state index contributed by atoms with van der Waals surface area (Å²) >= 11 is 0. The van der Waals surface area contributed by atoms with Crippen molar-refractivity contribution >= 4 is 5.91 Å². The summed E-state index contributed by atoms with van der Waals surface area (Å²) in [6, 6.07) is 12.0. The van der Waals surface area contributed by atoms with E-state index in [1.807, 2.05) is 30.3 Å². The summed E-state index contributed by atoms with van der Waals surface area (Å²) in [5.74, 6) is -1.12. The van der Waals surface area contributed by atoms with Crippen molar-refractivity contribution in [3.8, 4) is 0 Å². The van der Waals surface area contributed by atoms with Crippen molar-refractivity contribution in [2.45, 2.75) is 25.2 Å². The van der Waals surface area contributed by atoms with E-state index in [1.54, 1.807) is 4.90 Å². The lowest BCUT2D eigenvalue weighted by atomic mass is 10.0. The fourth-order valence-electron chi connectivity index (χ4n) is 3.20. The lowest BCUT2D eigenvalue weighted by molar-refractivity contribution is -0.138. The van der Waals surface area contributed by atoms with Crippen molar-refractivity contribution in [1.82, 2.24) is 10.2 Å². The number of rotatable bonds is 4. The molecule has 1 fully saturated rings. The number of halogens is 4. The molecule has 3 nitrogen and oxygen atoms in total. The maximum atomic E-state index is 13.6. The van der Waals surface area contributed by atoms with Gasteiger partial charge in [-0.2, -0.15) is 13.2 Å². The normalized spacial score (nSPS) is 18.6. The number of nitrogens with one attached hydrogen (secondary N) is 1. The summed E-state index contributed by atoms with van der Waals surface area (Å²) in [4.78, 5) is 13.7. The minimum Gasteiger partial charge on any atom is -0.351 e. The van der Waals surface area contributed by atoms with E-state index in [-0.39, 0.29) is 30.6 Å². The number of carbonyl (C=O) groups is 1. The zero-order chi connectivity index (χ0) is 18.7. The molecular weight excluding hydrogens is 348 g/mol. The second-order valence-corrected chi connectivity index (χ2v) is 6.47. The Morgan fingerprint density at radius 3 is 2.50 bits per heavy atom. The smallest absolute Gasteiger partial charge is 0.351 e. The van der Waals surface area contributed by atoms with Crippen LogP contribution in [0.25, 0.3) is 0 Å². The van der Waals surface area contributed by atoms with Crippen LogP contribution in [0.3, 0.4) is 0 Å². The molecule has 0 unspecified atom stereocenters. The Bertz CT molecular complexity index is 777. The van der Waals surface area contributed by atoms with E-state index >= 15 is 0 Å². The molecule has 3 rings (SSSR count). The van der Waals surface area contributed by atoms with E-state index in [1.165, 1.54) is 0 Å². The third kappa shape index (κ3) is 4.82. The Kier molecular flexibility index (Phi) is 5.27. The molecule has 2 aromatic rings. The Hall–Kier alpha value is -2.41. The average molecular weight is 366 g/mol. The maximum Gasteiger partial charge on any atom is 0.416 e. The Labute approximate surface area is 148 Å². The molecule has 1 atom stereocenters. The van der Waals surface area contributed by atoms with Gasteiger partial charge >= 0.3 is 6.18 Å². The number of hydrogen-bond acceptors (Lipinski definition) is 2. The average Bonchev–Trinajstić information content (AvgIpc) is 2.54. The van der Waals surface area contributed by atoms with Gasteiger partial charge in [0.05, 0.1) is 12.1 Å². The maximum absolute atomic E-state index is 13.6. The fourth-order valence-corrected chi connectivity index (χ4v) is 3.20. The summed E-state index contributed by atoms with van der Waals surface area (Å²) in [6.07, 6.45) is -3.98. The standard InChI is InChI=1S/C19H18F4N2O/c20-16-7-14(6-15(9-16)19(21,22)23)10-25-11-17(24-18(26)12-25)8-13-4-2-1-3-5-13/h1-7,9,17H,8,10-12H2,(H,24,26)/t17-/m0/s1. The van der Waals surface area contributed by atoms with Gasteiger partial charge in [-0.3, -0.25) is 9.69 Å². The van der Waals surface area contributed by atoms with Gasteiger partial charge in [0.25, 0.3) is 0 Å². The first-order chi connectivity index (χ1) is 12.3. The summed E-state index contributed by atoms with van der Waals surface area (Å²) in [7, 11) is 0. The van der Waals surface area contributed by atoms with E-state index < -0.39 is 17.6 Å². The second-order valence-electron chi connectivity index (χ2n) is 6.47. The molecular formula is C19H18F4N2O. The first-order valence-electron chi connectivity index (χ1n) is 8.22. The summed E-state index contributed by atoms with van der Waals surface area (Å²) in [5, 5.41) is 2.89. The van der Waals surface area contributed by atoms with Gasteiger partial charge in [-0.05, 0) is 35.7 Å². The zero-order valence-corrected chi connectivity index (χ0v) is 13.9. The number of nitrogens with zero attached hydrogens (tertiary/aromatic N) is 1. The van der Waals surface area contributed by atoms with Crippen molar-refractivity contribution in [2.75, 3.05) is 13.1 Å². The highest BCUT2D eigenvalue weighted by molar-refractivity contribution is 5.79. The van der Waals surface area contributed by atoms with E-state index in [2.05, 4.69) is 5.32 Å². The van der Waals surface area contributed by atoms with Crippen LogP contribution >= 0.6 is 0 Å². The van der Waals surface area contributed by atoms with Crippen molar-refractivity contribution in [1.29, 1.82) is 0 Å². The molecule has 1 aliphatic heterocycles. The molecule has 1 amide bonds. The van der Waals surface area contributed by atoms with Crippen LogP contribution in [0.1, 0.15) is 16.7 Å². The van der Waals surface area contributed by atoms with Crippen LogP contribution in [-0.4, -0.2) is 29.9 Å². The van der Waals surface area contributed by atoms with Gasteiger partial charge < -0.3 is 5.32 Å². The fraction of sp³-hybridized carbons (Fsp3) is 0.316. The van der Waals surface area contributed by atoms with Crippen LogP contribution in [0.4, 0.5) is 17.6 Å². The third-order valence-corrected chi connectivity index (χ3v) is 4.23. The van der Waals surface area contributed by atoms with Crippen LogP contribution in [0, 0.1) is 5.82 Å². The summed E-state index contributed by atoms with van der Waals surface area (Å²) in [5.41, 5.74) is 0.241. The second kappa shape index (κ2) is 7.45. The molecule has 7 heteroatoms. The van der Waals surface area contributed by atoms with Gasteiger partial charge in [-0.1, -0.05) is 30.3 Å². The molecule has 138 valence electrons. The molecule has 1 aliphatic rings. The Balaban J connectivity index is 1.71. The molecule has 0 saturated carbocycles. The van der Waals surface area contributed by atoms with Gasteiger partial charge in [-0.25, -0.2) is 4.39 Å². The monoisotopic (exact) mass is 366 g/mol. The zero-order valence-electron chi connectivity index (χ0n) is 13.9. The SMILES string of the molecule is O=C1CN(Cc2cc(F)cc(C(F)(F)F)c2)C[C@H](Cc2ccccc2)N1. The van der Waals surface area contributed by atoms with Gasteiger partial charge in [-0.15, -0.1) is 0 Å². The molecule has 26 heavy (non-hydrogen) atoms. The summed E-state index contributed by atoms with van der Waals surface area (Å²) in [6.45, 7) is 0.640. The molecule has 2 aromatic carbocycles. The molecule has 0 aliphatic carbocycles. The minimum absolute atomic E-state index is 0.0726. The van der Waals surface area contributed by atoms with Crippen LogP contribution in [0.5, 0.6) is 0 Å². The van der Waals surface area contributed by atoms with Crippen LogP contribution in [-0.2, 0) is 23.9 Å². The topological polar surface area (TPSA) is 32.3 Å². The lowest BCUT2D eigenvalue weighted by Crippen LogP contribution is -2.54. The largest absolute Gasteiger partial charge is 0.416 e. The van der Waals surface area contributed by atoms with Crippen LogP contribution < -0.4 is 5.32 Å². The highest BCUT2D eigenvalue weighted by Gasteiger charge is 2.32. The van der Waals surface area contributed by atoms with Crippen LogP contribution in [0.15, 0.2) is 48.5 Å². The van der Waals surface area contributed by atoms with Crippen molar-refractivity contribution in [2.24, 2.45) is 0 Å². The van der Waals surface area contributed by atoms with E-state index in [9.17, 15) is 22.4 Å². The van der Waals surface area contributed by atoms with E-state index in [0.717, 1.165) is 17.7 Å². The highest BCUT2D eigenvalue weighted by atomic mass is 19.4. The third-order valence-electron chi connectivity index (χ3n) is 4.23. The van der Waals surface area contributed by atoms with Gasteiger partial charge in [0.15, 0.2) is 0 Å². The molecule has 0 spiro atoms. The lowest BCUT2D eigenvalue weighted by Gasteiger charge is -2.33. The van der Waals surface area contributed by atoms with Crippen molar-refractivity contribution < 1.29 is 22.4 Å². The van der Waals surface area contributed by atoms with E-state index in [0.29, 0.717) is 19.0 Å². The molecule has 0 bridgehead atoms. The number of benzene rings is 2. The summed E-state index contributed by atoms with van der Waals surface area (Å²) < 4.78 is 52.1. The number of alkyl halides is 3. The molecule has 1 N–H and O–H groups in total. The van der Waals surface area contributed by atoms with Gasteiger partial charge in [0.2, 0.25) is 5.91 Å². The quantitative estimate of drug-likeness (QED) is 0.842. The Morgan fingerprint density at radius 1 is 1.08 bits per heavy atom. The first-order valence-corrected chi connectivity index (χ1v) is 8.22. The van der Waals surface area contributed by atoms with Crippen molar-refractivity contribution in [3.63, 3.8) is 0 Å². The predicted octanol–water partition coefficient (Wildman–Crippen LogP) is 3.39. The minimum atomic E-state index is -4.61. The van der Waals surface area contributed by atoms with Crippen LogP contribution in [0.2, 0.25) is 0 Å². The van der Waals surface area contributed by atoms with E-state index in [4.69, 9.17) is 0 Å². The Morgan fingerprint density at radius 2 is 1.81 bits per heavy atom. The predicted molar refractivity (Wildman–Crippen MR) is 88.8 cm³/mol. The number of amides is 1. The number of carbonyl (C=O) groups excluding carboxylic acids is 1. The molecule has 1 saturated heterocycles.